The fourth-order valence-electron chi connectivity index (χ4n) is 1.78. The highest BCUT2D eigenvalue weighted by atomic mass is 16.5. The summed E-state index contributed by atoms with van der Waals surface area (Å²) in [6.45, 7) is 0. The number of hydrogen-bond acceptors (Lipinski definition) is 5. The van der Waals surface area contributed by atoms with Crippen LogP contribution in [-0.2, 0) is 12.8 Å². The van der Waals surface area contributed by atoms with Gasteiger partial charge >= 0.3 is 5.63 Å². The largest absolute Gasteiger partial charge is 0.508 e. The van der Waals surface area contributed by atoms with Gasteiger partial charge in [0.1, 0.15) is 11.5 Å². The first kappa shape index (κ1) is 13.0. The van der Waals surface area contributed by atoms with E-state index in [1.807, 2.05) is 0 Å². The fraction of sp³-hybridized carbons (Fsp3) is 0.214. The highest BCUT2D eigenvalue weighted by Crippen LogP contribution is 2.26. The van der Waals surface area contributed by atoms with Crippen LogP contribution in [0.4, 0.5) is 0 Å². The number of phenolic OH excluding ortho intramolecular Hbond substituents is 1. The molecule has 1 heterocycles. The average molecular weight is 262 g/mol. The standard InChI is InChI=1S/C14H14O5/c1-18-13-6-9(3-5-12(13)16)2-4-11-7-10(15)8-14(17)19-11/h3,5-8,15-16H,2,4H2,1H3. The zero-order valence-corrected chi connectivity index (χ0v) is 10.4. The second-order valence-electron chi connectivity index (χ2n) is 4.11. The van der Waals surface area contributed by atoms with Crippen molar-refractivity contribution < 1.29 is 19.4 Å². The van der Waals surface area contributed by atoms with Crippen molar-refractivity contribution in [3.05, 3.63) is 52.1 Å². The maximum Gasteiger partial charge on any atom is 0.339 e. The van der Waals surface area contributed by atoms with Gasteiger partial charge in [-0.25, -0.2) is 4.79 Å². The average Bonchev–Trinajstić information content (AvgIpc) is 2.36. The Hall–Kier alpha value is -2.43. The highest BCUT2D eigenvalue weighted by Gasteiger charge is 2.05. The van der Waals surface area contributed by atoms with Gasteiger partial charge in [-0.1, -0.05) is 6.07 Å². The van der Waals surface area contributed by atoms with E-state index in [0.717, 1.165) is 11.6 Å². The number of aryl methyl sites for hydroxylation is 2. The molecule has 1 aromatic heterocycles. The van der Waals surface area contributed by atoms with Crippen LogP contribution in [0.2, 0.25) is 0 Å². The van der Waals surface area contributed by atoms with Gasteiger partial charge in [0.2, 0.25) is 0 Å². The molecule has 2 aromatic rings. The van der Waals surface area contributed by atoms with E-state index in [1.165, 1.54) is 13.2 Å². The van der Waals surface area contributed by atoms with E-state index in [9.17, 15) is 15.0 Å². The van der Waals surface area contributed by atoms with E-state index in [4.69, 9.17) is 9.15 Å². The van der Waals surface area contributed by atoms with Gasteiger partial charge in [-0.3, -0.25) is 0 Å². The lowest BCUT2D eigenvalue weighted by Crippen LogP contribution is -2.00. The first-order valence-electron chi connectivity index (χ1n) is 5.77. The van der Waals surface area contributed by atoms with E-state index >= 15 is 0 Å². The van der Waals surface area contributed by atoms with E-state index in [-0.39, 0.29) is 11.5 Å². The van der Waals surface area contributed by atoms with Gasteiger partial charge in [-0.15, -0.1) is 0 Å². The number of phenols is 1. The van der Waals surface area contributed by atoms with Crippen LogP contribution in [0.25, 0.3) is 0 Å². The third-order valence-corrected chi connectivity index (χ3v) is 2.71. The number of ether oxygens (including phenoxy) is 1. The summed E-state index contributed by atoms with van der Waals surface area (Å²) >= 11 is 0. The summed E-state index contributed by atoms with van der Waals surface area (Å²) in [7, 11) is 1.48. The van der Waals surface area contributed by atoms with Crippen LogP contribution in [-0.4, -0.2) is 17.3 Å². The molecule has 0 atom stereocenters. The minimum absolute atomic E-state index is 0.0788. The molecule has 0 amide bonds. The number of rotatable bonds is 4. The second-order valence-corrected chi connectivity index (χ2v) is 4.11. The summed E-state index contributed by atoms with van der Waals surface area (Å²) in [5, 5.41) is 18.8. The number of aromatic hydroxyl groups is 2. The van der Waals surface area contributed by atoms with Gasteiger partial charge in [-0.2, -0.15) is 0 Å². The molecule has 5 heteroatoms. The SMILES string of the molecule is COc1cc(CCc2cc(O)cc(=O)o2)ccc1O. The molecule has 0 aliphatic heterocycles. The minimum atomic E-state index is -0.571. The van der Waals surface area contributed by atoms with Crippen molar-refractivity contribution in [1.82, 2.24) is 0 Å². The fourth-order valence-corrected chi connectivity index (χ4v) is 1.78. The first-order chi connectivity index (χ1) is 9.08. The molecule has 2 N–H and O–H groups in total. The molecule has 0 aliphatic carbocycles. The highest BCUT2D eigenvalue weighted by molar-refractivity contribution is 5.41. The Morgan fingerprint density at radius 1 is 1.16 bits per heavy atom. The van der Waals surface area contributed by atoms with E-state index in [0.29, 0.717) is 24.4 Å². The third kappa shape index (κ3) is 3.28. The summed E-state index contributed by atoms with van der Waals surface area (Å²) in [6.07, 6.45) is 1.07. The lowest BCUT2D eigenvalue weighted by molar-refractivity contribution is 0.373. The van der Waals surface area contributed by atoms with Crippen molar-refractivity contribution >= 4 is 0 Å². The van der Waals surface area contributed by atoms with Gasteiger partial charge < -0.3 is 19.4 Å². The smallest absolute Gasteiger partial charge is 0.339 e. The summed E-state index contributed by atoms with van der Waals surface area (Å²) < 4.78 is 9.98. The summed E-state index contributed by atoms with van der Waals surface area (Å²) in [5.41, 5.74) is 0.360. The molecule has 0 bridgehead atoms. The van der Waals surface area contributed by atoms with Crippen molar-refractivity contribution in [1.29, 1.82) is 0 Å². The van der Waals surface area contributed by atoms with Crippen LogP contribution in [0.15, 0.2) is 39.5 Å². The van der Waals surface area contributed by atoms with Crippen molar-refractivity contribution in [3.63, 3.8) is 0 Å². The van der Waals surface area contributed by atoms with Gasteiger partial charge in [0.15, 0.2) is 11.5 Å². The predicted octanol–water partition coefficient (Wildman–Crippen LogP) is 1.84. The monoisotopic (exact) mass is 262 g/mol. The van der Waals surface area contributed by atoms with Crippen LogP contribution in [0.3, 0.4) is 0 Å². The molecular weight excluding hydrogens is 248 g/mol. The topological polar surface area (TPSA) is 79.9 Å². The normalized spacial score (nSPS) is 10.4. The zero-order valence-electron chi connectivity index (χ0n) is 10.4. The molecular formula is C14H14O5. The van der Waals surface area contributed by atoms with E-state index in [2.05, 4.69) is 0 Å². The Kier molecular flexibility index (Phi) is 3.75. The van der Waals surface area contributed by atoms with Crippen molar-refractivity contribution in [2.45, 2.75) is 12.8 Å². The number of hydrogen-bond donors (Lipinski definition) is 2. The molecule has 0 fully saturated rings. The quantitative estimate of drug-likeness (QED) is 0.878. The Morgan fingerprint density at radius 2 is 1.95 bits per heavy atom. The predicted molar refractivity (Wildman–Crippen MR) is 68.7 cm³/mol. The zero-order chi connectivity index (χ0) is 13.8. The molecule has 1 aromatic carbocycles. The molecule has 0 saturated carbocycles. The Labute approximate surface area is 109 Å². The molecule has 0 unspecified atom stereocenters. The molecule has 19 heavy (non-hydrogen) atoms. The summed E-state index contributed by atoms with van der Waals surface area (Å²) in [5.74, 6) is 0.788. The first-order valence-corrected chi connectivity index (χ1v) is 5.77. The van der Waals surface area contributed by atoms with Crippen LogP contribution in [0, 0.1) is 0 Å². The van der Waals surface area contributed by atoms with Crippen LogP contribution < -0.4 is 10.4 Å². The van der Waals surface area contributed by atoms with Crippen molar-refractivity contribution in [3.8, 4) is 17.2 Å². The van der Waals surface area contributed by atoms with Gasteiger partial charge in [0.25, 0.3) is 0 Å². The molecule has 0 spiro atoms. The maximum absolute atomic E-state index is 11.1. The Bertz CT molecular complexity index is 630. The van der Waals surface area contributed by atoms with Gasteiger partial charge in [-0.05, 0) is 24.1 Å². The lowest BCUT2D eigenvalue weighted by atomic mass is 10.1. The van der Waals surface area contributed by atoms with E-state index in [1.54, 1.807) is 18.2 Å². The van der Waals surface area contributed by atoms with E-state index < -0.39 is 5.63 Å². The number of benzene rings is 1. The van der Waals surface area contributed by atoms with Gasteiger partial charge in [0.05, 0.1) is 13.2 Å². The minimum Gasteiger partial charge on any atom is -0.508 e. The van der Waals surface area contributed by atoms with Crippen LogP contribution >= 0.6 is 0 Å². The van der Waals surface area contributed by atoms with Crippen molar-refractivity contribution in [2.75, 3.05) is 7.11 Å². The van der Waals surface area contributed by atoms with Crippen LogP contribution in [0.1, 0.15) is 11.3 Å². The van der Waals surface area contributed by atoms with Crippen molar-refractivity contribution in [2.24, 2.45) is 0 Å². The second kappa shape index (κ2) is 5.48. The van der Waals surface area contributed by atoms with Crippen LogP contribution in [0.5, 0.6) is 17.2 Å². The van der Waals surface area contributed by atoms with Gasteiger partial charge in [0, 0.05) is 12.5 Å². The Balaban J connectivity index is 2.12. The molecule has 0 radical (unpaired) electrons. The molecule has 2 rings (SSSR count). The summed E-state index contributed by atoms with van der Waals surface area (Å²) in [6, 6.07) is 7.47. The molecule has 0 saturated heterocycles. The lowest BCUT2D eigenvalue weighted by Gasteiger charge is -2.06. The number of methoxy groups -OCH3 is 1. The third-order valence-electron chi connectivity index (χ3n) is 2.71. The molecule has 100 valence electrons. The summed E-state index contributed by atoms with van der Waals surface area (Å²) in [4.78, 5) is 11.1. The maximum atomic E-state index is 11.1. The molecule has 5 nitrogen and oxygen atoms in total. The molecule has 0 aliphatic rings. The Morgan fingerprint density at radius 3 is 2.63 bits per heavy atom.